The van der Waals surface area contributed by atoms with Gasteiger partial charge in [-0.1, -0.05) is 36.4 Å². The zero-order valence-corrected chi connectivity index (χ0v) is 15.9. The van der Waals surface area contributed by atoms with E-state index in [-0.39, 0.29) is 17.4 Å². The highest BCUT2D eigenvalue weighted by molar-refractivity contribution is 5.61. The fraction of sp³-hybridized carbons (Fsp3) is 0.0909. The number of nitrogens with one attached hydrogen (secondary N) is 1. The van der Waals surface area contributed by atoms with Gasteiger partial charge in [-0.2, -0.15) is 0 Å². The first-order chi connectivity index (χ1) is 14.5. The zero-order chi connectivity index (χ0) is 21.1. The van der Waals surface area contributed by atoms with E-state index in [0.29, 0.717) is 22.7 Å². The minimum atomic E-state index is -0.628. The molecule has 1 aromatic heterocycles. The quantitative estimate of drug-likeness (QED) is 0.346. The van der Waals surface area contributed by atoms with Crippen LogP contribution >= 0.6 is 0 Å². The molecule has 0 fully saturated rings. The van der Waals surface area contributed by atoms with E-state index in [1.807, 2.05) is 30.3 Å². The Labute approximate surface area is 171 Å². The van der Waals surface area contributed by atoms with Gasteiger partial charge < -0.3 is 9.73 Å². The smallest absolute Gasteiger partial charge is 0.274 e. The van der Waals surface area contributed by atoms with Crippen LogP contribution in [0.4, 0.5) is 15.8 Å². The third-order valence-electron chi connectivity index (χ3n) is 4.71. The van der Waals surface area contributed by atoms with E-state index in [2.05, 4.69) is 15.5 Å². The van der Waals surface area contributed by atoms with E-state index >= 15 is 0 Å². The van der Waals surface area contributed by atoms with Crippen molar-refractivity contribution in [2.24, 2.45) is 0 Å². The van der Waals surface area contributed by atoms with Crippen molar-refractivity contribution < 1.29 is 13.7 Å². The zero-order valence-electron chi connectivity index (χ0n) is 15.9. The molecule has 4 rings (SSSR count). The molecule has 30 heavy (non-hydrogen) atoms. The Balaban J connectivity index is 1.75. The number of anilines is 1. The number of rotatable bonds is 6. The predicted octanol–water partition coefficient (Wildman–Crippen LogP) is 5.29. The van der Waals surface area contributed by atoms with Gasteiger partial charge in [0.2, 0.25) is 11.8 Å². The Morgan fingerprint density at radius 2 is 1.73 bits per heavy atom. The van der Waals surface area contributed by atoms with Crippen molar-refractivity contribution in [1.82, 2.24) is 10.2 Å². The Kier molecular flexibility index (Phi) is 5.21. The normalized spacial score (nSPS) is 11.8. The van der Waals surface area contributed by atoms with Crippen LogP contribution in [0.2, 0.25) is 0 Å². The Bertz CT molecular complexity index is 1180. The molecule has 0 saturated carbocycles. The van der Waals surface area contributed by atoms with Crippen LogP contribution in [0, 0.1) is 22.9 Å². The number of hydrogen-bond donors (Lipinski definition) is 1. The van der Waals surface area contributed by atoms with Crippen LogP contribution in [0.1, 0.15) is 23.1 Å². The number of nitro benzene ring substituents is 1. The van der Waals surface area contributed by atoms with Crippen molar-refractivity contribution >= 4 is 11.4 Å². The lowest BCUT2D eigenvalue weighted by Crippen LogP contribution is -2.14. The van der Waals surface area contributed by atoms with Gasteiger partial charge >= 0.3 is 0 Å². The van der Waals surface area contributed by atoms with Crippen LogP contribution in [-0.4, -0.2) is 15.1 Å². The van der Waals surface area contributed by atoms with E-state index in [1.54, 1.807) is 31.2 Å². The van der Waals surface area contributed by atoms with Gasteiger partial charge in [-0.25, -0.2) is 4.39 Å². The molecule has 8 heteroatoms. The minimum absolute atomic E-state index is 0.00615. The summed E-state index contributed by atoms with van der Waals surface area (Å²) in [4.78, 5) is 10.9. The summed E-state index contributed by atoms with van der Waals surface area (Å²) in [5, 5.41) is 22.8. The third kappa shape index (κ3) is 3.88. The van der Waals surface area contributed by atoms with Gasteiger partial charge in [0.05, 0.1) is 4.92 Å². The van der Waals surface area contributed by atoms with Crippen LogP contribution < -0.4 is 5.32 Å². The molecule has 0 spiro atoms. The number of halogens is 1. The topological polar surface area (TPSA) is 94.1 Å². The molecule has 150 valence electrons. The third-order valence-corrected chi connectivity index (χ3v) is 4.71. The van der Waals surface area contributed by atoms with Crippen LogP contribution in [-0.2, 0) is 0 Å². The largest absolute Gasteiger partial charge is 0.418 e. The van der Waals surface area contributed by atoms with E-state index in [1.165, 1.54) is 18.2 Å². The fourth-order valence-corrected chi connectivity index (χ4v) is 3.12. The summed E-state index contributed by atoms with van der Waals surface area (Å²) in [7, 11) is 0. The molecule has 0 bridgehead atoms. The SMILES string of the molecule is Cc1c(N[C@H](c2ccc(F)cc2)c2nnc(-c3ccccc3)o2)cccc1[N+](=O)[O-]. The second kappa shape index (κ2) is 8.12. The van der Waals surface area contributed by atoms with Crippen LogP contribution in [0.25, 0.3) is 11.5 Å². The van der Waals surface area contributed by atoms with Gasteiger partial charge in [-0.3, -0.25) is 10.1 Å². The number of nitrogens with zero attached hydrogens (tertiary/aromatic N) is 3. The van der Waals surface area contributed by atoms with Gasteiger partial charge in [0.1, 0.15) is 11.9 Å². The Hall–Kier alpha value is -4.07. The monoisotopic (exact) mass is 404 g/mol. The number of nitro groups is 1. The molecule has 1 atom stereocenters. The molecule has 0 radical (unpaired) electrons. The molecule has 4 aromatic rings. The molecule has 7 nitrogen and oxygen atoms in total. The first-order valence-electron chi connectivity index (χ1n) is 9.18. The summed E-state index contributed by atoms with van der Waals surface area (Å²) >= 11 is 0. The van der Waals surface area contributed by atoms with Gasteiger partial charge in [0.15, 0.2) is 0 Å². The first kappa shape index (κ1) is 19.3. The molecule has 0 aliphatic heterocycles. The van der Waals surface area contributed by atoms with Gasteiger partial charge in [0, 0.05) is 22.9 Å². The van der Waals surface area contributed by atoms with Crippen LogP contribution in [0.3, 0.4) is 0 Å². The van der Waals surface area contributed by atoms with Gasteiger partial charge in [-0.05, 0) is 42.8 Å². The summed E-state index contributed by atoms with van der Waals surface area (Å²) in [5.74, 6) is 0.223. The van der Waals surface area contributed by atoms with Crippen molar-refractivity contribution in [2.75, 3.05) is 5.32 Å². The first-order valence-corrected chi connectivity index (χ1v) is 9.18. The highest BCUT2D eigenvalue weighted by Gasteiger charge is 2.24. The molecule has 0 amide bonds. The highest BCUT2D eigenvalue weighted by atomic mass is 19.1. The average Bonchev–Trinajstić information content (AvgIpc) is 3.24. The maximum Gasteiger partial charge on any atom is 0.274 e. The average molecular weight is 404 g/mol. The van der Waals surface area contributed by atoms with E-state index in [4.69, 9.17) is 4.42 Å². The molecule has 0 aliphatic rings. The molecule has 3 aromatic carbocycles. The molecular formula is C22H17FN4O3. The van der Waals surface area contributed by atoms with Crippen molar-refractivity contribution in [1.29, 1.82) is 0 Å². The van der Waals surface area contributed by atoms with E-state index < -0.39 is 11.0 Å². The lowest BCUT2D eigenvalue weighted by Gasteiger charge is -2.18. The Morgan fingerprint density at radius 3 is 2.43 bits per heavy atom. The van der Waals surface area contributed by atoms with Crippen molar-refractivity contribution in [3.63, 3.8) is 0 Å². The summed E-state index contributed by atoms with van der Waals surface area (Å²) in [5.41, 5.74) is 2.44. The lowest BCUT2D eigenvalue weighted by molar-refractivity contribution is -0.385. The van der Waals surface area contributed by atoms with Crippen molar-refractivity contribution in [2.45, 2.75) is 13.0 Å². The second-order valence-electron chi connectivity index (χ2n) is 6.65. The van der Waals surface area contributed by atoms with Gasteiger partial charge in [-0.15, -0.1) is 10.2 Å². The second-order valence-corrected chi connectivity index (χ2v) is 6.65. The van der Waals surface area contributed by atoms with Crippen LogP contribution in [0.15, 0.2) is 77.2 Å². The van der Waals surface area contributed by atoms with Crippen LogP contribution in [0.5, 0.6) is 0 Å². The number of aromatic nitrogens is 2. The molecule has 0 unspecified atom stereocenters. The molecule has 1 N–H and O–H groups in total. The summed E-state index contributed by atoms with van der Waals surface area (Å²) in [6, 6.07) is 19.3. The highest BCUT2D eigenvalue weighted by Crippen LogP contribution is 2.32. The molecule has 0 aliphatic carbocycles. The molecule has 1 heterocycles. The molecular weight excluding hydrogens is 387 g/mol. The molecule has 0 saturated heterocycles. The summed E-state index contributed by atoms with van der Waals surface area (Å²) in [6.45, 7) is 1.66. The Morgan fingerprint density at radius 1 is 1.00 bits per heavy atom. The van der Waals surface area contributed by atoms with Gasteiger partial charge in [0.25, 0.3) is 5.69 Å². The lowest BCUT2D eigenvalue weighted by atomic mass is 10.0. The maximum absolute atomic E-state index is 13.5. The summed E-state index contributed by atoms with van der Waals surface area (Å²) < 4.78 is 19.4. The number of hydrogen-bond acceptors (Lipinski definition) is 6. The fourth-order valence-electron chi connectivity index (χ4n) is 3.12. The van der Waals surface area contributed by atoms with Crippen molar-refractivity contribution in [3.05, 3.63) is 106 Å². The van der Waals surface area contributed by atoms with Crippen molar-refractivity contribution in [3.8, 4) is 11.5 Å². The summed E-state index contributed by atoms with van der Waals surface area (Å²) in [6.07, 6.45) is 0. The van der Waals surface area contributed by atoms with E-state index in [9.17, 15) is 14.5 Å². The maximum atomic E-state index is 13.5. The minimum Gasteiger partial charge on any atom is -0.418 e. The van der Waals surface area contributed by atoms with E-state index in [0.717, 1.165) is 5.56 Å². The number of benzene rings is 3. The predicted molar refractivity (Wildman–Crippen MR) is 109 cm³/mol. The standard InChI is InChI=1S/C22H17FN4O3/c1-14-18(8-5-9-19(14)27(28)29)24-20(15-10-12-17(23)13-11-15)22-26-25-21(30-22)16-6-3-2-4-7-16/h2-13,20,24H,1H3/t20-/m1/s1.